The van der Waals surface area contributed by atoms with Crippen molar-refractivity contribution in [2.75, 3.05) is 11.9 Å². The third-order valence-electron chi connectivity index (χ3n) is 3.86. The summed E-state index contributed by atoms with van der Waals surface area (Å²) in [6.45, 7) is -0.0128. The van der Waals surface area contributed by atoms with E-state index in [2.05, 4.69) is 10.6 Å². The standard InChI is InChI=1S/C19H16ClN3O3S/c20-14-8-9-16(23(25)26)15(11-14)22-18(24)12-21-19(17-7-4-10-27-17)13-5-2-1-3-6-13/h1-11,19,21H,12H2,(H,22,24)/t19-/m0/s1. The highest BCUT2D eigenvalue weighted by atomic mass is 35.5. The van der Waals surface area contributed by atoms with Crippen LogP contribution in [0.1, 0.15) is 16.5 Å². The van der Waals surface area contributed by atoms with Gasteiger partial charge in [-0.3, -0.25) is 20.2 Å². The molecule has 6 nitrogen and oxygen atoms in total. The van der Waals surface area contributed by atoms with Crippen molar-refractivity contribution in [3.05, 3.63) is 91.6 Å². The summed E-state index contributed by atoms with van der Waals surface area (Å²) in [5.74, 6) is -0.391. The Morgan fingerprint density at radius 2 is 1.93 bits per heavy atom. The lowest BCUT2D eigenvalue weighted by Gasteiger charge is -2.18. The summed E-state index contributed by atoms with van der Waals surface area (Å²) in [4.78, 5) is 24.0. The van der Waals surface area contributed by atoms with Crippen molar-refractivity contribution < 1.29 is 9.72 Å². The van der Waals surface area contributed by atoms with Gasteiger partial charge in [-0.25, -0.2) is 0 Å². The largest absolute Gasteiger partial charge is 0.319 e. The quantitative estimate of drug-likeness (QED) is 0.446. The van der Waals surface area contributed by atoms with Crippen LogP contribution in [0.2, 0.25) is 5.02 Å². The first-order valence-corrected chi connectivity index (χ1v) is 9.36. The van der Waals surface area contributed by atoms with Crippen molar-refractivity contribution in [2.45, 2.75) is 6.04 Å². The van der Waals surface area contributed by atoms with Gasteiger partial charge in [-0.1, -0.05) is 48.0 Å². The van der Waals surface area contributed by atoms with Gasteiger partial charge in [0.15, 0.2) is 0 Å². The van der Waals surface area contributed by atoms with Crippen LogP contribution >= 0.6 is 22.9 Å². The zero-order valence-electron chi connectivity index (χ0n) is 14.1. The Bertz CT molecular complexity index is 933. The number of hydrogen-bond acceptors (Lipinski definition) is 5. The Kier molecular flexibility index (Phi) is 6.18. The van der Waals surface area contributed by atoms with E-state index < -0.39 is 10.8 Å². The fraction of sp³-hybridized carbons (Fsp3) is 0.105. The van der Waals surface area contributed by atoms with Crippen LogP contribution in [0.4, 0.5) is 11.4 Å². The highest BCUT2D eigenvalue weighted by molar-refractivity contribution is 7.10. The molecule has 3 aromatic rings. The third-order valence-corrected chi connectivity index (χ3v) is 5.03. The second kappa shape index (κ2) is 8.77. The third kappa shape index (κ3) is 4.91. The number of benzene rings is 2. The number of carbonyl (C=O) groups excluding carboxylic acids is 1. The van der Waals surface area contributed by atoms with E-state index in [1.54, 1.807) is 11.3 Å². The first-order valence-electron chi connectivity index (χ1n) is 8.10. The number of halogens is 1. The molecule has 2 N–H and O–H groups in total. The van der Waals surface area contributed by atoms with Gasteiger partial charge in [0.25, 0.3) is 5.69 Å². The van der Waals surface area contributed by atoms with Crippen molar-refractivity contribution in [2.24, 2.45) is 0 Å². The van der Waals surface area contributed by atoms with Crippen molar-refractivity contribution in [3.63, 3.8) is 0 Å². The Balaban J connectivity index is 1.72. The first kappa shape index (κ1) is 19.0. The maximum Gasteiger partial charge on any atom is 0.292 e. The summed E-state index contributed by atoms with van der Waals surface area (Å²) in [5, 5.41) is 19.2. The molecule has 0 radical (unpaired) electrons. The second-order valence-corrected chi connectivity index (χ2v) is 7.12. The Morgan fingerprint density at radius 3 is 2.59 bits per heavy atom. The predicted octanol–water partition coefficient (Wildman–Crippen LogP) is 4.63. The Labute approximate surface area is 164 Å². The molecule has 8 heteroatoms. The summed E-state index contributed by atoms with van der Waals surface area (Å²) in [6.07, 6.45) is 0. The van der Waals surface area contributed by atoms with Crippen LogP contribution in [0.25, 0.3) is 0 Å². The van der Waals surface area contributed by atoms with Gasteiger partial charge < -0.3 is 5.32 Å². The molecule has 0 saturated carbocycles. The molecular weight excluding hydrogens is 386 g/mol. The zero-order valence-corrected chi connectivity index (χ0v) is 15.7. The molecule has 138 valence electrons. The van der Waals surface area contributed by atoms with Crippen molar-refractivity contribution >= 4 is 40.2 Å². The number of anilines is 1. The molecule has 0 aliphatic carbocycles. The molecule has 2 aromatic carbocycles. The summed E-state index contributed by atoms with van der Waals surface area (Å²) < 4.78 is 0. The molecule has 3 rings (SSSR count). The van der Waals surface area contributed by atoms with Crippen LogP contribution in [-0.4, -0.2) is 17.4 Å². The van der Waals surface area contributed by atoms with E-state index in [9.17, 15) is 14.9 Å². The normalized spacial score (nSPS) is 11.7. The average Bonchev–Trinajstić information content (AvgIpc) is 3.17. The number of hydrogen-bond donors (Lipinski definition) is 2. The van der Waals surface area contributed by atoms with Gasteiger partial charge in [-0.05, 0) is 29.1 Å². The topological polar surface area (TPSA) is 84.3 Å². The molecule has 0 spiro atoms. The minimum Gasteiger partial charge on any atom is -0.319 e. The molecule has 0 aliphatic heterocycles. The lowest BCUT2D eigenvalue weighted by Crippen LogP contribution is -2.31. The number of rotatable bonds is 7. The molecule has 1 heterocycles. The van der Waals surface area contributed by atoms with Gasteiger partial charge in [0.2, 0.25) is 5.91 Å². The van der Waals surface area contributed by atoms with Crippen LogP contribution in [0, 0.1) is 10.1 Å². The van der Waals surface area contributed by atoms with Gasteiger partial charge in [0, 0.05) is 16.0 Å². The fourth-order valence-corrected chi connectivity index (χ4v) is 3.64. The smallest absolute Gasteiger partial charge is 0.292 e. The lowest BCUT2D eigenvalue weighted by molar-refractivity contribution is -0.383. The maximum atomic E-state index is 12.4. The monoisotopic (exact) mass is 401 g/mol. The second-order valence-electron chi connectivity index (χ2n) is 5.71. The van der Waals surface area contributed by atoms with Crippen LogP contribution in [0.15, 0.2) is 66.0 Å². The zero-order chi connectivity index (χ0) is 19.2. The molecule has 0 unspecified atom stereocenters. The lowest BCUT2D eigenvalue weighted by atomic mass is 10.1. The number of thiophene rings is 1. The predicted molar refractivity (Wildman–Crippen MR) is 107 cm³/mol. The van der Waals surface area contributed by atoms with E-state index in [4.69, 9.17) is 11.6 Å². The maximum absolute atomic E-state index is 12.4. The molecule has 1 aromatic heterocycles. The highest BCUT2D eigenvalue weighted by Crippen LogP contribution is 2.28. The number of carbonyl (C=O) groups is 1. The number of nitrogens with one attached hydrogen (secondary N) is 2. The summed E-state index contributed by atoms with van der Waals surface area (Å²) in [6, 6.07) is 17.6. The number of nitro benzene ring substituents is 1. The number of nitro groups is 1. The van der Waals surface area contributed by atoms with Gasteiger partial charge in [-0.15, -0.1) is 11.3 Å². The van der Waals surface area contributed by atoms with Crippen molar-refractivity contribution in [1.82, 2.24) is 5.32 Å². The van der Waals surface area contributed by atoms with Gasteiger partial charge in [0.1, 0.15) is 5.69 Å². The first-order chi connectivity index (χ1) is 13.0. The Morgan fingerprint density at radius 1 is 1.15 bits per heavy atom. The van der Waals surface area contributed by atoms with Crippen LogP contribution in [0.5, 0.6) is 0 Å². The van der Waals surface area contributed by atoms with Crippen molar-refractivity contribution in [1.29, 1.82) is 0 Å². The van der Waals surface area contributed by atoms with E-state index >= 15 is 0 Å². The Hall–Kier alpha value is -2.74. The molecule has 1 atom stereocenters. The minimum absolute atomic E-state index is 0.0128. The summed E-state index contributed by atoms with van der Waals surface area (Å²) in [7, 11) is 0. The van der Waals surface area contributed by atoms with E-state index in [1.807, 2.05) is 47.8 Å². The molecule has 0 fully saturated rings. The number of amides is 1. The van der Waals surface area contributed by atoms with Crippen LogP contribution in [-0.2, 0) is 4.79 Å². The van der Waals surface area contributed by atoms with E-state index in [0.29, 0.717) is 5.02 Å². The molecular formula is C19H16ClN3O3S. The van der Waals surface area contributed by atoms with Crippen molar-refractivity contribution in [3.8, 4) is 0 Å². The molecule has 0 bridgehead atoms. The molecule has 27 heavy (non-hydrogen) atoms. The summed E-state index contributed by atoms with van der Waals surface area (Å²) >= 11 is 7.48. The van der Waals surface area contributed by atoms with Crippen LogP contribution < -0.4 is 10.6 Å². The molecule has 1 amide bonds. The van der Waals surface area contributed by atoms with E-state index in [0.717, 1.165) is 10.4 Å². The van der Waals surface area contributed by atoms with Crippen LogP contribution in [0.3, 0.4) is 0 Å². The van der Waals surface area contributed by atoms with Gasteiger partial charge in [0.05, 0.1) is 17.5 Å². The van der Waals surface area contributed by atoms with E-state index in [1.165, 1.54) is 18.2 Å². The summed E-state index contributed by atoms with van der Waals surface area (Å²) in [5.41, 5.74) is 0.902. The van der Waals surface area contributed by atoms with Gasteiger partial charge in [-0.2, -0.15) is 0 Å². The van der Waals surface area contributed by atoms with Gasteiger partial charge >= 0.3 is 0 Å². The molecule has 0 saturated heterocycles. The minimum atomic E-state index is -0.558. The SMILES string of the molecule is O=C(CN[C@@H](c1ccccc1)c1cccs1)Nc1cc(Cl)ccc1[N+](=O)[O-]. The molecule has 0 aliphatic rings. The average molecular weight is 402 g/mol. The fourth-order valence-electron chi connectivity index (χ4n) is 2.64. The van der Waals surface area contributed by atoms with E-state index in [-0.39, 0.29) is 24.0 Å². The number of nitrogens with zero attached hydrogens (tertiary/aromatic N) is 1. The highest BCUT2D eigenvalue weighted by Gasteiger charge is 2.19.